The lowest BCUT2D eigenvalue weighted by Gasteiger charge is -2.24. The second kappa shape index (κ2) is 5.84. The number of hydrogen-bond acceptors (Lipinski definition) is 2. The average Bonchev–Trinajstić information content (AvgIpc) is 3.01. The van der Waals surface area contributed by atoms with Crippen LogP contribution in [0.25, 0.3) is 5.69 Å². The second-order valence-electron chi connectivity index (χ2n) is 6.41. The van der Waals surface area contributed by atoms with Crippen molar-refractivity contribution in [1.29, 1.82) is 0 Å². The zero-order valence-electron chi connectivity index (χ0n) is 14.1. The summed E-state index contributed by atoms with van der Waals surface area (Å²) in [5, 5.41) is 7.40. The van der Waals surface area contributed by atoms with Gasteiger partial charge in [0.25, 0.3) is 0 Å². The van der Waals surface area contributed by atoms with E-state index in [2.05, 4.69) is 10.4 Å². The Morgan fingerprint density at radius 3 is 2.72 bits per heavy atom. The number of aryl methyl sites for hydroxylation is 1. The van der Waals surface area contributed by atoms with Gasteiger partial charge in [0, 0.05) is 17.9 Å². The van der Waals surface area contributed by atoms with Crippen LogP contribution in [-0.2, 0) is 4.79 Å². The number of benzene rings is 2. The summed E-state index contributed by atoms with van der Waals surface area (Å²) < 4.78 is 16.0. The molecule has 4 rings (SSSR count). The molecule has 5 heteroatoms. The third-order valence-corrected chi connectivity index (χ3v) is 4.91. The predicted octanol–water partition coefficient (Wildman–Crippen LogP) is 4.10. The van der Waals surface area contributed by atoms with Gasteiger partial charge in [-0.2, -0.15) is 5.10 Å². The molecule has 2 aromatic carbocycles. The van der Waals surface area contributed by atoms with Gasteiger partial charge in [0.15, 0.2) is 0 Å². The molecule has 1 aliphatic heterocycles. The molecule has 1 aliphatic rings. The molecule has 0 saturated heterocycles. The summed E-state index contributed by atoms with van der Waals surface area (Å²) in [7, 11) is 0. The molecular weight excluding hydrogens is 317 g/mol. The Hall–Kier alpha value is -2.95. The van der Waals surface area contributed by atoms with Gasteiger partial charge in [-0.25, -0.2) is 9.07 Å². The van der Waals surface area contributed by atoms with Gasteiger partial charge >= 0.3 is 0 Å². The molecule has 1 aromatic heterocycles. The molecule has 1 atom stereocenters. The van der Waals surface area contributed by atoms with E-state index in [-0.39, 0.29) is 24.1 Å². The molecule has 0 fully saturated rings. The summed E-state index contributed by atoms with van der Waals surface area (Å²) in [4.78, 5) is 12.3. The fourth-order valence-electron chi connectivity index (χ4n) is 3.40. The average molecular weight is 335 g/mol. The van der Waals surface area contributed by atoms with Gasteiger partial charge in [0.05, 0.1) is 11.9 Å². The van der Waals surface area contributed by atoms with Gasteiger partial charge in [0.1, 0.15) is 11.6 Å². The van der Waals surface area contributed by atoms with Crippen LogP contribution < -0.4 is 5.32 Å². The van der Waals surface area contributed by atoms with Crippen LogP contribution in [0.5, 0.6) is 0 Å². The minimum absolute atomic E-state index is 0.132. The van der Waals surface area contributed by atoms with Crippen LogP contribution in [0.2, 0.25) is 0 Å². The maximum Gasteiger partial charge on any atom is 0.226 e. The number of rotatable bonds is 2. The smallest absolute Gasteiger partial charge is 0.226 e. The lowest BCUT2D eigenvalue weighted by atomic mass is 9.87. The highest BCUT2D eigenvalue weighted by molar-refractivity contribution is 5.94. The van der Waals surface area contributed by atoms with Crippen molar-refractivity contribution >= 4 is 11.7 Å². The number of halogens is 1. The monoisotopic (exact) mass is 335 g/mol. The number of anilines is 1. The molecule has 0 bridgehead atoms. The lowest BCUT2D eigenvalue weighted by molar-refractivity contribution is -0.116. The predicted molar refractivity (Wildman–Crippen MR) is 94.5 cm³/mol. The number of carbonyl (C=O) groups excluding carboxylic acids is 1. The first-order chi connectivity index (χ1) is 12.1. The molecule has 1 unspecified atom stereocenters. The van der Waals surface area contributed by atoms with Crippen LogP contribution in [0.15, 0.2) is 48.7 Å². The third kappa shape index (κ3) is 2.52. The number of carbonyl (C=O) groups is 1. The van der Waals surface area contributed by atoms with E-state index in [0.29, 0.717) is 11.4 Å². The van der Waals surface area contributed by atoms with Crippen molar-refractivity contribution in [2.75, 3.05) is 5.32 Å². The largest absolute Gasteiger partial charge is 0.310 e. The number of hydrogen-bond donors (Lipinski definition) is 1. The van der Waals surface area contributed by atoms with E-state index in [1.165, 1.54) is 6.07 Å². The summed E-state index contributed by atoms with van der Waals surface area (Å²) in [6.07, 6.45) is 1.94. The summed E-state index contributed by atoms with van der Waals surface area (Å²) in [6.45, 7) is 4.06. The van der Waals surface area contributed by atoms with E-state index in [4.69, 9.17) is 0 Å². The molecule has 2 heterocycles. The lowest BCUT2D eigenvalue weighted by Crippen LogP contribution is -2.25. The van der Waals surface area contributed by atoms with E-state index in [9.17, 15) is 9.18 Å². The molecule has 4 nitrogen and oxygen atoms in total. The van der Waals surface area contributed by atoms with Crippen molar-refractivity contribution in [3.63, 3.8) is 0 Å². The van der Waals surface area contributed by atoms with Crippen LogP contribution in [-0.4, -0.2) is 15.7 Å². The van der Waals surface area contributed by atoms with Crippen molar-refractivity contribution in [2.24, 2.45) is 0 Å². The van der Waals surface area contributed by atoms with E-state index >= 15 is 0 Å². The summed E-state index contributed by atoms with van der Waals surface area (Å²) >= 11 is 0. The molecule has 25 heavy (non-hydrogen) atoms. The van der Waals surface area contributed by atoms with Crippen molar-refractivity contribution in [3.05, 3.63) is 76.7 Å². The highest BCUT2D eigenvalue weighted by Crippen LogP contribution is 2.39. The first-order valence-corrected chi connectivity index (χ1v) is 8.25. The molecule has 1 N–H and O–H groups in total. The summed E-state index contributed by atoms with van der Waals surface area (Å²) in [6, 6.07) is 12.6. The molecular formula is C20H18FN3O. The molecule has 0 spiro atoms. The zero-order valence-corrected chi connectivity index (χ0v) is 14.1. The van der Waals surface area contributed by atoms with Gasteiger partial charge in [0.2, 0.25) is 5.91 Å². The van der Waals surface area contributed by atoms with Crippen molar-refractivity contribution < 1.29 is 9.18 Å². The maximum absolute atomic E-state index is 14.3. The first-order valence-electron chi connectivity index (χ1n) is 8.25. The summed E-state index contributed by atoms with van der Waals surface area (Å²) in [5.41, 5.74) is 4.52. The number of aromatic nitrogens is 2. The Kier molecular flexibility index (Phi) is 3.64. The first kappa shape index (κ1) is 15.6. The Bertz CT molecular complexity index is 977. The van der Waals surface area contributed by atoms with E-state index < -0.39 is 0 Å². The number of amides is 1. The van der Waals surface area contributed by atoms with Crippen molar-refractivity contribution in [2.45, 2.75) is 26.2 Å². The summed E-state index contributed by atoms with van der Waals surface area (Å²) in [5.74, 6) is -0.137. The Morgan fingerprint density at radius 1 is 1.12 bits per heavy atom. The highest BCUT2D eigenvalue weighted by Gasteiger charge is 2.32. The Morgan fingerprint density at radius 2 is 1.92 bits per heavy atom. The van der Waals surface area contributed by atoms with E-state index in [0.717, 1.165) is 22.4 Å². The SMILES string of the molecule is Cc1cccc(-n2ncc3c2NC(=O)CC3c2ccccc2F)c1C. The van der Waals surface area contributed by atoms with Gasteiger partial charge in [-0.3, -0.25) is 4.79 Å². The van der Waals surface area contributed by atoms with Crippen molar-refractivity contribution in [1.82, 2.24) is 9.78 Å². The highest BCUT2D eigenvalue weighted by atomic mass is 19.1. The van der Waals surface area contributed by atoms with Crippen molar-refractivity contribution in [3.8, 4) is 5.69 Å². The van der Waals surface area contributed by atoms with Gasteiger partial charge < -0.3 is 5.32 Å². The minimum atomic E-state index is -0.330. The number of nitrogens with one attached hydrogen (secondary N) is 1. The fourth-order valence-corrected chi connectivity index (χ4v) is 3.40. The third-order valence-electron chi connectivity index (χ3n) is 4.91. The maximum atomic E-state index is 14.3. The molecule has 1 amide bonds. The van der Waals surface area contributed by atoms with Crippen LogP contribution in [0, 0.1) is 19.7 Å². The van der Waals surface area contributed by atoms with Crippen LogP contribution >= 0.6 is 0 Å². The normalized spacial score (nSPS) is 16.4. The van der Waals surface area contributed by atoms with E-state index in [1.54, 1.807) is 29.1 Å². The topological polar surface area (TPSA) is 46.9 Å². The minimum Gasteiger partial charge on any atom is -0.310 e. The van der Waals surface area contributed by atoms with E-state index in [1.807, 2.05) is 32.0 Å². The molecule has 3 aromatic rings. The Balaban J connectivity index is 1.88. The number of nitrogens with zero attached hydrogens (tertiary/aromatic N) is 2. The standard InChI is InChI=1S/C20H18FN3O/c1-12-6-5-9-18(13(12)2)24-20-16(11-22-24)15(10-19(25)23-20)14-7-3-4-8-17(14)21/h3-9,11,15H,10H2,1-2H3,(H,23,25). The molecule has 126 valence electrons. The fraction of sp³-hybridized carbons (Fsp3) is 0.200. The molecule has 0 aliphatic carbocycles. The van der Waals surface area contributed by atoms with Gasteiger partial charge in [-0.1, -0.05) is 30.3 Å². The van der Waals surface area contributed by atoms with Crippen LogP contribution in [0.1, 0.15) is 34.6 Å². The Labute approximate surface area is 145 Å². The number of fused-ring (bicyclic) bond motifs is 1. The second-order valence-corrected chi connectivity index (χ2v) is 6.41. The van der Waals surface area contributed by atoms with Crippen LogP contribution in [0.4, 0.5) is 10.2 Å². The molecule has 0 saturated carbocycles. The van der Waals surface area contributed by atoms with Gasteiger partial charge in [-0.05, 0) is 42.7 Å². The van der Waals surface area contributed by atoms with Gasteiger partial charge in [-0.15, -0.1) is 0 Å². The molecule has 0 radical (unpaired) electrons. The zero-order chi connectivity index (χ0) is 17.6. The quantitative estimate of drug-likeness (QED) is 0.766. The van der Waals surface area contributed by atoms with Crippen LogP contribution in [0.3, 0.4) is 0 Å².